The number of benzene rings is 1. The highest BCUT2D eigenvalue weighted by molar-refractivity contribution is 7.19. The second-order valence-corrected chi connectivity index (χ2v) is 8.44. The van der Waals surface area contributed by atoms with Crippen LogP contribution in [0.4, 0.5) is 0 Å². The average molecular weight is 358 g/mol. The number of hydrogen-bond acceptors (Lipinski definition) is 4. The van der Waals surface area contributed by atoms with Crippen LogP contribution in [-0.2, 0) is 11.3 Å². The topological polar surface area (TPSA) is 26.8 Å². The van der Waals surface area contributed by atoms with E-state index in [2.05, 4.69) is 47.1 Å². The molecule has 2 saturated heterocycles. The fraction of sp³-hybridized carbons (Fsp3) is 0.550. The van der Waals surface area contributed by atoms with Crippen LogP contribution in [0.5, 0.6) is 0 Å². The van der Waals surface area contributed by atoms with Gasteiger partial charge in [0.2, 0.25) is 5.91 Å². The van der Waals surface area contributed by atoms with Gasteiger partial charge in [0.1, 0.15) is 0 Å². The number of amides is 1. The zero-order valence-corrected chi connectivity index (χ0v) is 15.8. The maximum Gasteiger partial charge on any atom is 0.239 e. The molecule has 2 fully saturated rings. The predicted molar refractivity (Wildman–Crippen MR) is 104 cm³/mol. The second kappa shape index (κ2) is 7.44. The summed E-state index contributed by atoms with van der Waals surface area (Å²) < 4.78 is 1.38. The molecule has 5 heteroatoms. The van der Waals surface area contributed by atoms with Crippen molar-refractivity contribution in [1.29, 1.82) is 0 Å². The Morgan fingerprint density at radius 2 is 1.80 bits per heavy atom. The van der Waals surface area contributed by atoms with Crippen LogP contribution in [0.25, 0.3) is 10.1 Å². The molecule has 2 aliphatic heterocycles. The first-order valence-corrected chi connectivity index (χ1v) is 10.2. The molecule has 2 aliphatic rings. The van der Waals surface area contributed by atoms with Gasteiger partial charge in [0, 0.05) is 55.4 Å². The van der Waals surface area contributed by atoms with Crippen LogP contribution in [0.3, 0.4) is 0 Å². The Hall–Kier alpha value is -1.43. The molecule has 0 spiro atoms. The van der Waals surface area contributed by atoms with Gasteiger partial charge in [-0.25, -0.2) is 0 Å². The molecular formula is C20H27N3OS. The lowest BCUT2D eigenvalue weighted by Gasteiger charge is -2.38. The van der Waals surface area contributed by atoms with E-state index < -0.39 is 0 Å². The number of rotatable bonds is 4. The molecule has 1 atom stereocenters. The summed E-state index contributed by atoms with van der Waals surface area (Å²) in [4.78, 5) is 21.0. The normalized spacial score (nSPS) is 21.1. The van der Waals surface area contributed by atoms with Crippen molar-refractivity contribution in [1.82, 2.24) is 14.7 Å². The summed E-state index contributed by atoms with van der Waals surface area (Å²) in [5.74, 6) is 0.329. The smallest absolute Gasteiger partial charge is 0.239 e. The molecule has 4 nitrogen and oxygen atoms in total. The Balaban J connectivity index is 1.31. The number of nitrogens with zero attached hydrogens (tertiary/aromatic N) is 3. The fourth-order valence-electron chi connectivity index (χ4n) is 4.00. The van der Waals surface area contributed by atoms with E-state index >= 15 is 0 Å². The zero-order chi connectivity index (χ0) is 17.2. The van der Waals surface area contributed by atoms with E-state index in [4.69, 9.17) is 0 Å². The minimum Gasteiger partial charge on any atom is -0.341 e. The Labute approximate surface area is 154 Å². The summed E-state index contributed by atoms with van der Waals surface area (Å²) in [6, 6.07) is 11.0. The standard InChI is InChI=1S/C20H27N3OS/c1-16(20(24)23-8-4-5-9-23)22-12-10-21(11-13-22)15-18-14-17-6-2-3-7-19(17)25-18/h2-3,6-7,14,16H,4-5,8-13,15H2,1H3/t16-/m0/s1. The molecule has 4 rings (SSSR count). The first-order valence-electron chi connectivity index (χ1n) is 9.43. The van der Waals surface area contributed by atoms with Gasteiger partial charge in [-0.2, -0.15) is 0 Å². The number of carbonyl (C=O) groups excluding carboxylic acids is 1. The molecule has 0 N–H and O–H groups in total. The molecule has 1 aromatic heterocycles. The third kappa shape index (κ3) is 3.73. The molecule has 3 heterocycles. The van der Waals surface area contributed by atoms with Crippen molar-refractivity contribution in [2.45, 2.75) is 32.4 Å². The van der Waals surface area contributed by atoms with Crippen molar-refractivity contribution in [2.24, 2.45) is 0 Å². The average Bonchev–Trinajstić information content (AvgIpc) is 3.30. The van der Waals surface area contributed by atoms with Gasteiger partial charge in [0.25, 0.3) is 0 Å². The molecule has 25 heavy (non-hydrogen) atoms. The van der Waals surface area contributed by atoms with Crippen molar-refractivity contribution < 1.29 is 4.79 Å². The van der Waals surface area contributed by atoms with E-state index in [1.54, 1.807) is 0 Å². The Kier molecular flexibility index (Phi) is 5.06. The fourth-order valence-corrected chi connectivity index (χ4v) is 5.11. The largest absolute Gasteiger partial charge is 0.341 e. The zero-order valence-electron chi connectivity index (χ0n) is 15.0. The maximum absolute atomic E-state index is 12.6. The van der Waals surface area contributed by atoms with Crippen molar-refractivity contribution in [2.75, 3.05) is 39.3 Å². The molecule has 0 unspecified atom stereocenters. The molecule has 134 valence electrons. The van der Waals surface area contributed by atoms with Crippen molar-refractivity contribution in [3.8, 4) is 0 Å². The highest BCUT2D eigenvalue weighted by atomic mass is 32.1. The van der Waals surface area contributed by atoms with E-state index in [1.165, 1.54) is 27.8 Å². The van der Waals surface area contributed by atoms with Crippen molar-refractivity contribution in [3.63, 3.8) is 0 Å². The van der Waals surface area contributed by atoms with Gasteiger partial charge < -0.3 is 4.90 Å². The SMILES string of the molecule is C[C@@H](C(=O)N1CCCC1)N1CCN(Cc2cc3ccccc3s2)CC1. The van der Waals surface area contributed by atoms with Crippen LogP contribution < -0.4 is 0 Å². The summed E-state index contributed by atoms with van der Waals surface area (Å²) in [6.07, 6.45) is 2.34. The summed E-state index contributed by atoms with van der Waals surface area (Å²) in [5, 5.41) is 1.35. The predicted octanol–water partition coefficient (Wildman–Crippen LogP) is 3.03. The van der Waals surface area contributed by atoms with Crippen LogP contribution in [0.2, 0.25) is 0 Å². The van der Waals surface area contributed by atoms with Gasteiger partial charge in [0.05, 0.1) is 6.04 Å². The summed E-state index contributed by atoms with van der Waals surface area (Å²) in [5.41, 5.74) is 0. The van der Waals surface area contributed by atoms with Crippen LogP contribution in [-0.4, -0.2) is 65.9 Å². The molecule has 0 aliphatic carbocycles. The van der Waals surface area contributed by atoms with Gasteiger partial charge in [-0.05, 0) is 37.3 Å². The van der Waals surface area contributed by atoms with Gasteiger partial charge in [0.15, 0.2) is 0 Å². The van der Waals surface area contributed by atoms with Gasteiger partial charge >= 0.3 is 0 Å². The quantitative estimate of drug-likeness (QED) is 0.841. The van der Waals surface area contributed by atoms with E-state index in [0.29, 0.717) is 5.91 Å². The number of likely N-dealkylation sites (tertiary alicyclic amines) is 1. The lowest BCUT2D eigenvalue weighted by atomic mass is 10.2. The van der Waals surface area contributed by atoms with E-state index in [1.807, 2.05) is 16.2 Å². The Bertz CT molecular complexity index is 696. The number of thiophene rings is 1. The second-order valence-electron chi connectivity index (χ2n) is 7.27. The molecule has 1 aromatic carbocycles. The molecule has 0 radical (unpaired) electrons. The maximum atomic E-state index is 12.6. The van der Waals surface area contributed by atoms with Crippen LogP contribution in [0, 0.1) is 0 Å². The third-order valence-electron chi connectivity index (χ3n) is 5.59. The highest BCUT2D eigenvalue weighted by Gasteiger charge is 2.29. The molecule has 0 bridgehead atoms. The number of hydrogen-bond donors (Lipinski definition) is 0. The third-order valence-corrected chi connectivity index (χ3v) is 6.69. The van der Waals surface area contributed by atoms with E-state index in [9.17, 15) is 4.79 Å². The summed E-state index contributed by atoms with van der Waals surface area (Å²) in [7, 11) is 0. The van der Waals surface area contributed by atoms with Crippen molar-refractivity contribution in [3.05, 3.63) is 35.2 Å². The van der Waals surface area contributed by atoms with E-state index in [0.717, 1.165) is 45.8 Å². The number of fused-ring (bicyclic) bond motifs is 1. The summed E-state index contributed by atoms with van der Waals surface area (Å²) in [6.45, 7) is 9.10. The van der Waals surface area contributed by atoms with Gasteiger partial charge in [-0.3, -0.25) is 14.6 Å². The number of piperazine rings is 1. The first-order chi connectivity index (χ1) is 12.2. The van der Waals surface area contributed by atoms with Crippen LogP contribution in [0.15, 0.2) is 30.3 Å². The molecular weight excluding hydrogens is 330 g/mol. The monoisotopic (exact) mass is 357 g/mol. The Morgan fingerprint density at radius 1 is 1.08 bits per heavy atom. The van der Waals surface area contributed by atoms with E-state index in [-0.39, 0.29) is 6.04 Å². The van der Waals surface area contributed by atoms with Crippen molar-refractivity contribution >= 4 is 27.3 Å². The lowest BCUT2D eigenvalue weighted by molar-refractivity contribution is -0.136. The molecule has 2 aromatic rings. The molecule has 1 amide bonds. The van der Waals surface area contributed by atoms with Crippen LogP contribution in [0.1, 0.15) is 24.6 Å². The first kappa shape index (κ1) is 17.0. The van der Waals surface area contributed by atoms with Gasteiger partial charge in [-0.1, -0.05) is 18.2 Å². The van der Waals surface area contributed by atoms with Gasteiger partial charge in [-0.15, -0.1) is 11.3 Å². The number of carbonyl (C=O) groups is 1. The highest BCUT2D eigenvalue weighted by Crippen LogP contribution is 2.26. The lowest BCUT2D eigenvalue weighted by Crippen LogP contribution is -2.53. The van der Waals surface area contributed by atoms with Crippen LogP contribution >= 0.6 is 11.3 Å². The minimum absolute atomic E-state index is 0.0320. The summed E-state index contributed by atoms with van der Waals surface area (Å²) >= 11 is 1.90. The molecule has 0 saturated carbocycles. The minimum atomic E-state index is 0.0320. The Morgan fingerprint density at radius 3 is 2.52 bits per heavy atom.